The second kappa shape index (κ2) is 10.0. The molecule has 2 aromatic rings. The Morgan fingerprint density at radius 3 is 2.31 bits per heavy atom. The average molecular weight is 468 g/mol. The highest BCUT2D eigenvalue weighted by Gasteiger charge is 2.15. The van der Waals surface area contributed by atoms with Crippen LogP contribution < -0.4 is 20.1 Å². The highest BCUT2D eigenvalue weighted by atomic mass is 127. The Kier molecular flexibility index (Phi) is 7.71. The summed E-state index contributed by atoms with van der Waals surface area (Å²) in [4.78, 5) is 24.2. The van der Waals surface area contributed by atoms with Crippen LogP contribution >= 0.6 is 22.6 Å². The fourth-order valence-electron chi connectivity index (χ4n) is 2.30. The highest BCUT2D eigenvalue weighted by Crippen LogP contribution is 2.31. The van der Waals surface area contributed by atoms with Gasteiger partial charge in [0.05, 0.1) is 19.8 Å². The molecular weight excluding hydrogens is 447 g/mol. The molecule has 2 amide bonds. The molecule has 0 unspecified atom stereocenters. The van der Waals surface area contributed by atoms with E-state index >= 15 is 0 Å². The van der Waals surface area contributed by atoms with E-state index in [1.807, 2.05) is 30.3 Å². The molecule has 0 aromatic heterocycles. The second-order valence-corrected chi connectivity index (χ2v) is 6.62. The quantitative estimate of drug-likeness (QED) is 0.585. The van der Waals surface area contributed by atoms with E-state index in [0.29, 0.717) is 23.6 Å². The lowest BCUT2D eigenvalue weighted by atomic mass is 10.2. The number of ether oxygens (including phenoxy) is 2. The van der Waals surface area contributed by atoms with Crippen LogP contribution in [0.1, 0.15) is 22.3 Å². The van der Waals surface area contributed by atoms with Gasteiger partial charge >= 0.3 is 0 Å². The summed E-state index contributed by atoms with van der Waals surface area (Å²) in [6, 6.07) is 13.0. The number of carbonyl (C=O) groups excluding carboxylic acids is 2. The lowest BCUT2D eigenvalue weighted by Crippen LogP contribution is -2.30. The molecule has 0 bridgehead atoms. The molecule has 0 atom stereocenters. The Hall–Kier alpha value is -2.29. The van der Waals surface area contributed by atoms with Crippen LogP contribution in [0.4, 0.5) is 0 Å². The minimum atomic E-state index is -0.258. The first-order valence-electron chi connectivity index (χ1n) is 8.05. The number of hydrogen-bond acceptors (Lipinski definition) is 4. The molecule has 0 aliphatic heterocycles. The van der Waals surface area contributed by atoms with Crippen molar-refractivity contribution in [1.29, 1.82) is 0 Å². The molecule has 0 radical (unpaired) electrons. The number of benzene rings is 2. The Labute approximate surface area is 166 Å². The third-order valence-electron chi connectivity index (χ3n) is 3.69. The van der Waals surface area contributed by atoms with Crippen LogP contribution in [-0.4, -0.2) is 32.6 Å². The lowest BCUT2D eigenvalue weighted by Gasteiger charge is -2.12. The van der Waals surface area contributed by atoms with Crippen LogP contribution in [0.3, 0.4) is 0 Å². The Bertz CT molecular complexity index is 766. The number of nitrogens with one attached hydrogen (secondary N) is 2. The van der Waals surface area contributed by atoms with Gasteiger partial charge in [0, 0.05) is 23.1 Å². The number of amides is 2. The average Bonchev–Trinajstić information content (AvgIpc) is 2.66. The largest absolute Gasteiger partial charge is 0.493 e. The number of hydrogen-bond donors (Lipinski definition) is 2. The van der Waals surface area contributed by atoms with E-state index in [1.165, 1.54) is 7.11 Å². The Morgan fingerprint density at radius 1 is 1.00 bits per heavy atom. The predicted molar refractivity (Wildman–Crippen MR) is 108 cm³/mol. The summed E-state index contributed by atoms with van der Waals surface area (Å²) >= 11 is 2.07. The molecule has 2 N–H and O–H groups in total. The second-order valence-electron chi connectivity index (χ2n) is 5.46. The van der Waals surface area contributed by atoms with E-state index in [2.05, 4.69) is 33.2 Å². The van der Waals surface area contributed by atoms with E-state index in [1.54, 1.807) is 19.2 Å². The van der Waals surface area contributed by atoms with Crippen LogP contribution in [-0.2, 0) is 11.3 Å². The van der Waals surface area contributed by atoms with Crippen molar-refractivity contribution in [2.45, 2.75) is 13.0 Å². The van der Waals surface area contributed by atoms with Crippen LogP contribution in [0.5, 0.6) is 11.5 Å². The number of rotatable bonds is 8. The lowest BCUT2D eigenvalue weighted by molar-refractivity contribution is -0.121. The van der Waals surface area contributed by atoms with Crippen LogP contribution in [0.25, 0.3) is 0 Å². The van der Waals surface area contributed by atoms with Gasteiger partial charge in [-0.1, -0.05) is 30.3 Å². The van der Waals surface area contributed by atoms with Crippen LogP contribution in [0, 0.1) is 3.57 Å². The van der Waals surface area contributed by atoms with E-state index < -0.39 is 0 Å². The topological polar surface area (TPSA) is 76.7 Å². The summed E-state index contributed by atoms with van der Waals surface area (Å²) < 4.78 is 11.2. The molecule has 0 fully saturated rings. The fraction of sp³-hybridized carbons (Fsp3) is 0.263. The van der Waals surface area contributed by atoms with Crippen molar-refractivity contribution in [2.75, 3.05) is 20.8 Å². The maximum absolute atomic E-state index is 12.4. The highest BCUT2D eigenvalue weighted by molar-refractivity contribution is 14.1. The summed E-state index contributed by atoms with van der Waals surface area (Å²) in [5, 5.41) is 5.59. The van der Waals surface area contributed by atoms with E-state index in [-0.39, 0.29) is 24.8 Å². The minimum Gasteiger partial charge on any atom is -0.493 e. The number of halogens is 1. The van der Waals surface area contributed by atoms with Crippen molar-refractivity contribution >= 4 is 34.4 Å². The Balaban J connectivity index is 1.84. The van der Waals surface area contributed by atoms with Gasteiger partial charge in [0.1, 0.15) is 0 Å². The molecule has 0 saturated heterocycles. The van der Waals surface area contributed by atoms with Crippen molar-refractivity contribution in [3.8, 4) is 11.5 Å². The van der Waals surface area contributed by atoms with Gasteiger partial charge in [-0.3, -0.25) is 9.59 Å². The Morgan fingerprint density at radius 2 is 1.65 bits per heavy atom. The smallest absolute Gasteiger partial charge is 0.252 e. The van der Waals surface area contributed by atoms with Crippen molar-refractivity contribution < 1.29 is 19.1 Å². The van der Waals surface area contributed by atoms with Crippen molar-refractivity contribution in [1.82, 2.24) is 10.6 Å². The summed E-state index contributed by atoms with van der Waals surface area (Å²) in [5.74, 6) is 0.676. The zero-order valence-corrected chi connectivity index (χ0v) is 16.8. The molecule has 2 aromatic carbocycles. The van der Waals surface area contributed by atoms with Gasteiger partial charge in [-0.25, -0.2) is 0 Å². The SMILES string of the molecule is COc1cc(I)c(C(=O)NCCC(=O)NCc2ccccc2)cc1OC. The first-order chi connectivity index (χ1) is 12.5. The van der Waals surface area contributed by atoms with Crippen molar-refractivity contribution in [3.05, 3.63) is 57.2 Å². The molecule has 0 aliphatic carbocycles. The van der Waals surface area contributed by atoms with Crippen LogP contribution in [0.15, 0.2) is 42.5 Å². The van der Waals surface area contributed by atoms with Gasteiger partial charge < -0.3 is 20.1 Å². The predicted octanol–water partition coefficient (Wildman–Crippen LogP) is 2.74. The van der Waals surface area contributed by atoms with Gasteiger partial charge in [0.15, 0.2) is 11.5 Å². The zero-order chi connectivity index (χ0) is 18.9. The standard InChI is InChI=1S/C19H21IN2O4/c1-25-16-10-14(15(20)11-17(16)26-2)19(24)21-9-8-18(23)22-12-13-6-4-3-5-7-13/h3-7,10-11H,8-9,12H2,1-2H3,(H,21,24)(H,22,23). The van der Waals surface area contributed by atoms with Gasteiger partial charge in [0.2, 0.25) is 5.91 Å². The van der Waals surface area contributed by atoms with Gasteiger partial charge in [-0.2, -0.15) is 0 Å². The number of methoxy groups -OCH3 is 2. The van der Waals surface area contributed by atoms with Gasteiger partial charge in [-0.15, -0.1) is 0 Å². The molecule has 138 valence electrons. The minimum absolute atomic E-state index is 0.115. The van der Waals surface area contributed by atoms with Crippen LogP contribution in [0.2, 0.25) is 0 Å². The molecule has 6 nitrogen and oxygen atoms in total. The van der Waals surface area contributed by atoms with Gasteiger partial charge in [0.25, 0.3) is 5.91 Å². The molecule has 2 rings (SSSR count). The fourth-order valence-corrected chi connectivity index (χ4v) is 2.98. The summed E-state index contributed by atoms with van der Waals surface area (Å²) in [7, 11) is 3.06. The maximum atomic E-state index is 12.4. The number of carbonyl (C=O) groups is 2. The van der Waals surface area contributed by atoms with Crippen molar-refractivity contribution in [2.24, 2.45) is 0 Å². The first-order valence-corrected chi connectivity index (χ1v) is 9.13. The molecule has 0 heterocycles. The molecule has 0 spiro atoms. The van der Waals surface area contributed by atoms with E-state index in [9.17, 15) is 9.59 Å². The third kappa shape index (κ3) is 5.62. The molecule has 0 saturated carbocycles. The van der Waals surface area contributed by atoms with E-state index in [0.717, 1.165) is 9.13 Å². The van der Waals surface area contributed by atoms with Gasteiger partial charge in [-0.05, 0) is 40.3 Å². The first kappa shape index (κ1) is 20.0. The normalized spacial score (nSPS) is 10.1. The summed E-state index contributed by atoms with van der Waals surface area (Å²) in [6.07, 6.45) is 0.211. The monoisotopic (exact) mass is 468 g/mol. The summed E-state index contributed by atoms with van der Waals surface area (Å²) in [6.45, 7) is 0.727. The molecule has 0 aliphatic rings. The molecule has 26 heavy (non-hydrogen) atoms. The van der Waals surface area contributed by atoms with Crippen molar-refractivity contribution in [3.63, 3.8) is 0 Å². The maximum Gasteiger partial charge on any atom is 0.252 e. The molecule has 7 heteroatoms. The molecular formula is C19H21IN2O4. The summed E-state index contributed by atoms with van der Waals surface area (Å²) in [5.41, 5.74) is 1.51. The van der Waals surface area contributed by atoms with E-state index in [4.69, 9.17) is 9.47 Å². The third-order valence-corrected chi connectivity index (χ3v) is 4.58. The zero-order valence-electron chi connectivity index (χ0n) is 14.7.